The van der Waals surface area contributed by atoms with Crippen molar-refractivity contribution in [2.75, 3.05) is 25.6 Å². The second kappa shape index (κ2) is 17.6. The van der Waals surface area contributed by atoms with Crippen LogP contribution in [0.5, 0.6) is 0 Å². The molecule has 0 aliphatic carbocycles. The van der Waals surface area contributed by atoms with Gasteiger partial charge in [-0.2, -0.15) is 0 Å². The first-order valence-electron chi connectivity index (χ1n) is 8.38. The van der Waals surface area contributed by atoms with Gasteiger partial charge in [-0.15, -0.1) is 13.2 Å². The molecule has 0 amide bonds. The van der Waals surface area contributed by atoms with Gasteiger partial charge >= 0.3 is 0 Å². The number of phosphoric acid groups is 1. The number of ether oxygens (including phenoxy) is 1. The van der Waals surface area contributed by atoms with Crippen LogP contribution in [0.2, 0.25) is 0 Å². The highest BCUT2D eigenvalue weighted by atomic mass is 31.2. The SMILES string of the molecule is CC[O-].CC[O-].Nc1ncnc2c1ncn2[C@@H]1O[C@H](COP(=O)([O-])[O-])[C@@H](O)[C@H]1O.[NH4+].[NH4+].[NH4+].[NH4+]. The Morgan fingerprint density at radius 3 is 2.09 bits per heavy atom. The maximum atomic E-state index is 10.5. The van der Waals surface area contributed by atoms with Gasteiger partial charge in [-0.05, 0) is 0 Å². The third kappa shape index (κ3) is 10.7. The van der Waals surface area contributed by atoms with E-state index in [1.54, 1.807) is 13.8 Å². The van der Waals surface area contributed by atoms with Gasteiger partial charge < -0.3 is 74.4 Å². The summed E-state index contributed by atoms with van der Waals surface area (Å²) in [4.78, 5) is 32.8. The lowest BCUT2D eigenvalue weighted by Crippen LogP contribution is -2.34. The number of nitrogens with two attached hydrogens (primary N) is 1. The summed E-state index contributed by atoms with van der Waals surface area (Å²) < 4.78 is 21.3. The molecule has 3 heterocycles. The fourth-order valence-corrected chi connectivity index (χ4v) is 2.65. The van der Waals surface area contributed by atoms with Crippen LogP contribution in [0.3, 0.4) is 0 Å². The number of anilines is 1. The van der Waals surface area contributed by atoms with E-state index >= 15 is 0 Å². The smallest absolute Gasteiger partial charge is 0.167 e. The normalized spacial score (nSPS) is 21.0. The maximum absolute atomic E-state index is 10.5. The van der Waals surface area contributed by atoms with Crippen molar-refractivity contribution in [2.24, 2.45) is 0 Å². The number of aliphatic hydroxyl groups is 2. The molecule has 1 saturated heterocycles. The first-order valence-corrected chi connectivity index (χ1v) is 9.84. The molecule has 19 heteroatoms. The van der Waals surface area contributed by atoms with Gasteiger partial charge in [0, 0.05) is 0 Å². The van der Waals surface area contributed by atoms with Gasteiger partial charge in [0.1, 0.15) is 30.2 Å². The third-order valence-corrected chi connectivity index (χ3v) is 3.86. The summed E-state index contributed by atoms with van der Waals surface area (Å²) in [7, 11) is -5.22. The Morgan fingerprint density at radius 2 is 1.61 bits per heavy atom. The molecule has 2 aromatic rings. The zero-order valence-corrected chi connectivity index (χ0v) is 20.5. The topological polar surface area (TPSA) is 384 Å². The van der Waals surface area contributed by atoms with E-state index in [1.807, 2.05) is 0 Å². The predicted molar refractivity (Wildman–Crippen MR) is 114 cm³/mol. The van der Waals surface area contributed by atoms with Crippen molar-refractivity contribution < 1.29 is 44.0 Å². The van der Waals surface area contributed by atoms with Crippen molar-refractivity contribution >= 4 is 24.8 Å². The number of phosphoric ester groups is 1. The number of nitrogens with zero attached hydrogens (tertiary/aromatic N) is 4. The number of aromatic nitrogens is 4. The summed E-state index contributed by atoms with van der Waals surface area (Å²) in [5.41, 5.74) is 6.19. The van der Waals surface area contributed by atoms with Crippen LogP contribution >= 0.6 is 7.82 Å². The average Bonchev–Trinajstić information content (AvgIpc) is 3.17. The van der Waals surface area contributed by atoms with Crippen LogP contribution in [-0.4, -0.2) is 67.9 Å². The Balaban J connectivity index is -0.000000382. The minimum absolute atomic E-state index is 0. The van der Waals surface area contributed by atoms with E-state index < -0.39 is 39.0 Å². The number of hydrogen-bond donors (Lipinski definition) is 7. The molecule has 3 rings (SSSR count). The molecule has 0 saturated carbocycles. The molecule has 0 aromatic carbocycles. The van der Waals surface area contributed by atoms with Crippen LogP contribution in [0, 0.1) is 0 Å². The molecular weight excluding hydrogens is 469 g/mol. The minimum Gasteiger partial charge on any atom is -0.855 e. The van der Waals surface area contributed by atoms with Crippen LogP contribution in [0.15, 0.2) is 12.7 Å². The second-order valence-electron chi connectivity index (χ2n) is 5.45. The molecule has 0 spiro atoms. The fraction of sp³-hybridized carbons (Fsp3) is 0.643. The average molecular weight is 507 g/mol. The first kappa shape index (κ1) is 38.4. The minimum atomic E-state index is -5.22. The number of nitrogen functional groups attached to an aromatic ring is 1. The number of quaternary nitrogens is 4. The predicted octanol–water partition coefficient (Wildman–Crippen LogP) is -2.89. The van der Waals surface area contributed by atoms with E-state index in [-0.39, 0.29) is 54.8 Å². The van der Waals surface area contributed by atoms with Gasteiger partial charge in [0.15, 0.2) is 17.7 Å². The van der Waals surface area contributed by atoms with Crippen LogP contribution < -0.4 is 50.3 Å². The van der Waals surface area contributed by atoms with Crippen molar-refractivity contribution in [3.63, 3.8) is 0 Å². The van der Waals surface area contributed by atoms with Crippen molar-refractivity contribution in [3.8, 4) is 0 Å². The number of hydrogen-bond acceptors (Lipinski definition) is 13. The molecule has 18 nitrogen and oxygen atoms in total. The number of imidazole rings is 1. The van der Waals surface area contributed by atoms with Crippen molar-refractivity contribution in [1.29, 1.82) is 0 Å². The highest BCUT2D eigenvalue weighted by molar-refractivity contribution is 7.43. The quantitative estimate of drug-likeness (QED) is 0.204. The number of aliphatic hydroxyl groups excluding tert-OH is 2. The van der Waals surface area contributed by atoms with Crippen LogP contribution in [0.4, 0.5) is 5.82 Å². The largest absolute Gasteiger partial charge is 0.855 e. The Morgan fingerprint density at radius 1 is 1.09 bits per heavy atom. The van der Waals surface area contributed by atoms with Crippen LogP contribution in [0.1, 0.15) is 20.1 Å². The molecule has 4 atom stereocenters. The lowest BCUT2D eigenvalue weighted by molar-refractivity contribution is -0.362. The van der Waals surface area contributed by atoms with E-state index in [9.17, 15) is 24.6 Å². The molecule has 0 radical (unpaired) electrons. The zero-order valence-electron chi connectivity index (χ0n) is 19.7. The summed E-state index contributed by atoms with van der Waals surface area (Å²) in [6.07, 6.45) is -2.75. The van der Waals surface area contributed by atoms with Gasteiger partial charge in [-0.1, -0.05) is 13.8 Å². The lowest BCUT2D eigenvalue weighted by atomic mass is 10.1. The molecule has 0 bridgehead atoms. The fourth-order valence-electron chi connectivity index (χ4n) is 2.32. The van der Waals surface area contributed by atoms with E-state index in [0.717, 1.165) is 0 Å². The second-order valence-corrected chi connectivity index (χ2v) is 6.60. The van der Waals surface area contributed by atoms with E-state index in [4.69, 9.17) is 20.7 Å². The molecular formula is C14H38N9O9P. The lowest BCUT2D eigenvalue weighted by Gasteiger charge is -2.30. The summed E-state index contributed by atoms with van der Waals surface area (Å²) in [6, 6.07) is 0. The highest BCUT2D eigenvalue weighted by Crippen LogP contribution is 2.34. The maximum Gasteiger partial charge on any atom is 0.167 e. The molecule has 1 fully saturated rings. The number of fused-ring (bicyclic) bond motifs is 1. The van der Waals surface area contributed by atoms with E-state index in [0.29, 0.717) is 0 Å². The summed E-state index contributed by atoms with van der Waals surface area (Å²) >= 11 is 0. The molecule has 20 N–H and O–H groups in total. The molecule has 2 aromatic heterocycles. The highest BCUT2D eigenvalue weighted by Gasteiger charge is 2.44. The molecule has 1 aliphatic heterocycles. The van der Waals surface area contributed by atoms with Gasteiger partial charge in [0.25, 0.3) is 0 Å². The van der Waals surface area contributed by atoms with Crippen molar-refractivity contribution in [3.05, 3.63) is 12.7 Å². The molecule has 33 heavy (non-hydrogen) atoms. The van der Waals surface area contributed by atoms with Crippen LogP contribution in [0.25, 0.3) is 11.2 Å². The Bertz CT molecular complexity index is 808. The van der Waals surface area contributed by atoms with E-state index in [2.05, 4.69) is 19.5 Å². The van der Waals surface area contributed by atoms with Gasteiger partial charge in [0.05, 0.1) is 20.8 Å². The van der Waals surface area contributed by atoms with Gasteiger partial charge in [-0.3, -0.25) is 4.57 Å². The Labute approximate surface area is 190 Å². The summed E-state index contributed by atoms with van der Waals surface area (Å²) in [6.45, 7) is 2.42. The molecule has 198 valence electrons. The summed E-state index contributed by atoms with van der Waals surface area (Å²) in [5.74, 6) is 0.125. The standard InChI is InChI=1S/C10H14N5O7P.2C2H5O.4H3N/c11-8-5-9(13-2-12-8)15(3-14-5)10-7(17)6(16)4(22-10)1-21-23(18,19)20;2*1-2-3;;;;/h2-4,6-7,10,16-17H,1H2,(H2,11,12,13)(H2,18,19,20);2*2H2,1H3;4*1H3/q;2*-1;;;;/p+2/t4-,6-,7-,10-;;;;;;/m1....../s1. The zero-order chi connectivity index (χ0) is 22.2. The van der Waals surface area contributed by atoms with Crippen LogP contribution in [-0.2, 0) is 13.8 Å². The van der Waals surface area contributed by atoms with Crippen molar-refractivity contribution in [2.45, 2.75) is 38.4 Å². The monoisotopic (exact) mass is 507 g/mol. The Hall–Kier alpha value is -1.90. The Kier molecular flexibility index (Phi) is 20.4. The summed E-state index contributed by atoms with van der Waals surface area (Å²) in [5, 5.41) is 37.9. The third-order valence-electron chi connectivity index (χ3n) is 3.40. The molecule has 1 aliphatic rings. The van der Waals surface area contributed by atoms with Crippen molar-refractivity contribution in [1.82, 2.24) is 44.1 Å². The molecule has 0 unspecified atom stereocenters. The number of rotatable bonds is 4. The van der Waals surface area contributed by atoms with Gasteiger partial charge in [-0.25, -0.2) is 15.0 Å². The van der Waals surface area contributed by atoms with E-state index in [1.165, 1.54) is 17.2 Å². The van der Waals surface area contributed by atoms with Gasteiger partial charge in [0.2, 0.25) is 0 Å². The first-order chi connectivity index (χ1) is 13.6.